The van der Waals surface area contributed by atoms with Gasteiger partial charge in [0.15, 0.2) is 17.2 Å². The van der Waals surface area contributed by atoms with Crippen LogP contribution in [0.5, 0.6) is 17.2 Å². The first-order chi connectivity index (χ1) is 14.4. The maximum atomic E-state index is 12.9. The van der Waals surface area contributed by atoms with E-state index in [9.17, 15) is 18.0 Å². The highest BCUT2D eigenvalue weighted by molar-refractivity contribution is 5.96. The molecule has 1 unspecified atom stereocenters. The van der Waals surface area contributed by atoms with E-state index >= 15 is 0 Å². The van der Waals surface area contributed by atoms with Crippen molar-refractivity contribution >= 4 is 11.6 Å². The molecule has 6 nitrogen and oxygen atoms in total. The number of aromatic nitrogens is 1. The number of amides is 1. The molecule has 0 radical (unpaired) electrons. The third-order valence-electron chi connectivity index (χ3n) is 4.28. The number of anilines is 1. The zero-order valence-corrected chi connectivity index (χ0v) is 15.3. The first kappa shape index (κ1) is 19.6. The Morgan fingerprint density at radius 3 is 2.50 bits per heavy atom. The van der Waals surface area contributed by atoms with Gasteiger partial charge in [-0.3, -0.25) is 9.78 Å². The summed E-state index contributed by atoms with van der Waals surface area (Å²) < 4.78 is 54.0. The molecule has 154 valence electrons. The van der Waals surface area contributed by atoms with Crippen LogP contribution in [0.25, 0.3) is 11.1 Å². The molecule has 1 amide bonds. The topological polar surface area (TPSA) is 69.7 Å². The Morgan fingerprint density at radius 2 is 1.77 bits per heavy atom. The van der Waals surface area contributed by atoms with Gasteiger partial charge in [0.25, 0.3) is 5.91 Å². The van der Waals surface area contributed by atoms with Crippen molar-refractivity contribution in [2.75, 3.05) is 11.9 Å². The quantitative estimate of drug-likeness (QED) is 0.682. The van der Waals surface area contributed by atoms with E-state index in [0.29, 0.717) is 22.6 Å². The van der Waals surface area contributed by atoms with Gasteiger partial charge in [-0.2, -0.15) is 0 Å². The van der Waals surface area contributed by atoms with Crippen LogP contribution in [0, 0.1) is 0 Å². The molecule has 3 aromatic rings. The maximum Gasteiger partial charge on any atom is 0.573 e. The van der Waals surface area contributed by atoms with Gasteiger partial charge in [-0.25, -0.2) is 0 Å². The smallest absolute Gasteiger partial charge is 0.485 e. The molecule has 1 aliphatic rings. The number of halogens is 3. The standard InChI is InChI=1S/C21H15F3N2O4/c22-21(23,24)30-18-11-14(13-7-9-25-10-8-13)5-6-15(18)26-20(27)19-12-28-16-3-1-2-4-17(16)29-19/h1-11,19H,12H2,(H,26,27). The molecule has 1 aliphatic heterocycles. The highest BCUT2D eigenvalue weighted by Crippen LogP contribution is 2.35. The molecule has 1 aromatic heterocycles. The first-order valence-electron chi connectivity index (χ1n) is 8.88. The predicted octanol–water partition coefficient (Wildman–Crippen LogP) is 4.43. The largest absolute Gasteiger partial charge is 0.573 e. The summed E-state index contributed by atoms with van der Waals surface area (Å²) in [4.78, 5) is 16.5. The second-order valence-corrected chi connectivity index (χ2v) is 6.35. The monoisotopic (exact) mass is 416 g/mol. The third kappa shape index (κ3) is 4.45. The van der Waals surface area contributed by atoms with Gasteiger partial charge in [-0.15, -0.1) is 13.2 Å². The highest BCUT2D eigenvalue weighted by atomic mass is 19.4. The fourth-order valence-corrected chi connectivity index (χ4v) is 2.92. The minimum absolute atomic E-state index is 0.0760. The molecule has 1 atom stereocenters. The average Bonchev–Trinajstić information content (AvgIpc) is 2.74. The minimum atomic E-state index is -4.93. The van der Waals surface area contributed by atoms with E-state index in [0.717, 1.165) is 0 Å². The van der Waals surface area contributed by atoms with Gasteiger partial charge in [-0.1, -0.05) is 18.2 Å². The van der Waals surface area contributed by atoms with E-state index in [2.05, 4.69) is 15.0 Å². The van der Waals surface area contributed by atoms with Crippen LogP contribution >= 0.6 is 0 Å². The number of fused-ring (bicyclic) bond motifs is 1. The van der Waals surface area contributed by atoms with Crippen LogP contribution in [0.1, 0.15) is 0 Å². The van der Waals surface area contributed by atoms with E-state index in [-0.39, 0.29) is 12.3 Å². The highest BCUT2D eigenvalue weighted by Gasteiger charge is 2.33. The number of alkyl halides is 3. The predicted molar refractivity (Wildman–Crippen MR) is 101 cm³/mol. The van der Waals surface area contributed by atoms with Crippen LogP contribution in [0.4, 0.5) is 18.9 Å². The molecule has 0 bridgehead atoms. The Hall–Kier alpha value is -3.75. The molecule has 0 spiro atoms. The zero-order chi connectivity index (χ0) is 21.1. The summed E-state index contributed by atoms with van der Waals surface area (Å²) in [6.07, 6.45) is -2.92. The van der Waals surface area contributed by atoms with Crippen molar-refractivity contribution in [3.8, 4) is 28.4 Å². The summed E-state index contributed by atoms with van der Waals surface area (Å²) in [5.74, 6) is -0.330. The molecule has 0 saturated carbocycles. The number of ether oxygens (including phenoxy) is 3. The van der Waals surface area contributed by atoms with Crippen molar-refractivity contribution in [2.45, 2.75) is 12.5 Å². The minimum Gasteiger partial charge on any atom is -0.485 e. The molecule has 30 heavy (non-hydrogen) atoms. The Bertz CT molecular complexity index is 1060. The molecule has 2 heterocycles. The Kier molecular flexibility index (Phi) is 5.18. The number of nitrogens with zero attached hydrogens (tertiary/aromatic N) is 1. The number of benzene rings is 2. The number of carbonyl (C=O) groups is 1. The number of pyridine rings is 1. The van der Waals surface area contributed by atoms with Crippen molar-refractivity contribution in [3.63, 3.8) is 0 Å². The lowest BCUT2D eigenvalue weighted by Gasteiger charge is -2.26. The van der Waals surface area contributed by atoms with E-state index < -0.39 is 24.1 Å². The Balaban J connectivity index is 1.57. The number of hydrogen-bond acceptors (Lipinski definition) is 5. The number of hydrogen-bond donors (Lipinski definition) is 1. The van der Waals surface area contributed by atoms with Crippen LogP contribution in [-0.2, 0) is 4.79 Å². The second kappa shape index (κ2) is 7.94. The van der Waals surface area contributed by atoms with E-state index in [1.165, 1.54) is 24.5 Å². The van der Waals surface area contributed by atoms with Gasteiger partial charge >= 0.3 is 6.36 Å². The summed E-state index contributed by atoms with van der Waals surface area (Å²) >= 11 is 0. The zero-order valence-electron chi connectivity index (χ0n) is 15.3. The Labute approximate surface area is 169 Å². The molecule has 0 saturated heterocycles. The van der Waals surface area contributed by atoms with Crippen molar-refractivity contribution in [3.05, 3.63) is 67.0 Å². The molecule has 9 heteroatoms. The first-order valence-corrected chi connectivity index (χ1v) is 8.88. The third-order valence-corrected chi connectivity index (χ3v) is 4.28. The molecule has 0 aliphatic carbocycles. The van der Waals surface area contributed by atoms with Gasteiger partial charge in [-0.05, 0) is 47.5 Å². The van der Waals surface area contributed by atoms with Crippen molar-refractivity contribution in [1.29, 1.82) is 0 Å². The van der Waals surface area contributed by atoms with Crippen molar-refractivity contribution in [1.82, 2.24) is 4.98 Å². The molecular formula is C21H15F3N2O4. The lowest BCUT2D eigenvalue weighted by Crippen LogP contribution is -2.40. The van der Waals surface area contributed by atoms with Crippen LogP contribution in [0.3, 0.4) is 0 Å². The van der Waals surface area contributed by atoms with E-state index in [4.69, 9.17) is 9.47 Å². The summed E-state index contributed by atoms with van der Waals surface area (Å²) in [6.45, 7) is -0.0760. The fraction of sp³-hybridized carbons (Fsp3) is 0.143. The van der Waals surface area contributed by atoms with Gasteiger partial charge in [0.2, 0.25) is 6.10 Å². The van der Waals surface area contributed by atoms with E-state index in [1.807, 2.05) is 0 Å². The van der Waals surface area contributed by atoms with Crippen LogP contribution in [0.15, 0.2) is 67.0 Å². The maximum absolute atomic E-state index is 12.9. The van der Waals surface area contributed by atoms with Gasteiger partial charge in [0.1, 0.15) is 6.61 Å². The second-order valence-electron chi connectivity index (χ2n) is 6.35. The lowest BCUT2D eigenvalue weighted by atomic mass is 10.1. The van der Waals surface area contributed by atoms with Gasteiger partial charge in [0.05, 0.1) is 5.69 Å². The SMILES string of the molecule is O=C(Nc1ccc(-c2ccncc2)cc1OC(F)(F)F)C1COc2ccccc2O1. The van der Waals surface area contributed by atoms with Gasteiger partial charge < -0.3 is 19.5 Å². The summed E-state index contributed by atoms with van der Waals surface area (Å²) in [5.41, 5.74) is 0.980. The van der Waals surface area contributed by atoms with Crippen LogP contribution in [-0.4, -0.2) is 30.0 Å². The number of rotatable bonds is 4. The summed E-state index contributed by atoms with van der Waals surface area (Å²) in [7, 11) is 0. The molecule has 2 aromatic carbocycles. The normalized spacial score (nSPS) is 15.4. The van der Waals surface area contributed by atoms with Crippen molar-refractivity contribution in [2.24, 2.45) is 0 Å². The molecule has 1 N–H and O–H groups in total. The fourth-order valence-electron chi connectivity index (χ4n) is 2.92. The van der Waals surface area contributed by atoms with Crippen molar-refractivity contribution < 1.29 is 32.2 Å². The average molecular weight is 416 g/mol. The molecular weight excluding hydrogens is 401 g/mol. The number of para-hydroxylation sites is 2. The number of carbonyl (C=O) groups excluding carboxylic acids is 1. The van der Waals surface area contributed by atoms with E-state index in [1.54, 1.807) is 42.5 Å². The van der Waals surface area contributed by atoms with Crippen LogP contribution in [0.2, 0.25) is 0 Å². The summed E-state index contributed by atoms with van der Waals surface area (Å²) in [5, 5.41) is 2.43. The Morgan fingerprint density at radius 1 is 1.03 bits per heavy atom. The lowest BCUT2D eigenvalue weighted by molar-refractivity contribution is -0.274. The number of nitrogens with one attached hydrogen (secondary N) is 1. The van der Waals surface area contributed by atoms with Gasteiger partial charge in [0, 0.05) is 12.4 Å². The van der Waals surface area contributed by atoms with Crippen LogP contribution < -0.4 is 19.5 Å². The molecule has 4 rings (SSSR count). The summed E-state index contributed by atoms with van der Waals surface area (Å²) in [6, 6.07) is 14.2. The molecule has 0 fully saturated rings.